The molecule has 2 aromatic rings. The summed E-state index contributed by atoms with van der Waals surface area (Å²) in [5.41, 5.74) is 7.05. The molecule has 7 heteroatoms. The lowest BCUT2D eigenvalue weighted by atomic mass is 10.2. The zero-order chi connectivity index (χ0) is 14.3. The van der Waals surface area contributed by atoms with E-state index in [4.69, 9.17) is 5.73 Å². The number of nitrogen functional groups attached to an aromatic ring is 1. The van der Waals surface area contributed by atoms with Gasteiger partial charge in [0.1, 0.15) is 0 Å². The minimum absolute atomic E-state index is 0.106. The summed E-state index contributed by atoms with van der Waals surface area (Å²) in [6.07, 6.45) is 3.86. The largest absolute Gasteiger partial charge is 0.432 e. The first kappa shape index (κ1) is 12.8. The van der Waals surface area contributed by atoms with Crippen molar-refractivity contribution in [3.05, 3.63) is 35.9 Å². The quantitative estimate of drug-likeness (QED) is 0.877. The standard InChI is InChI=1S/C13H12F3N3O/c14-8-5-9(17)11(6-12(8)20-13(15)16)19-4-3-10(18-19)7-1-2-7/h3-7,13H,1-2,17H2. The van der Waals surface area contributed by atoms with E-state index in [0.29, 0.717) is 11.6 Å². The topological polar surface area (TPSA) is 53.1 Å². The number of hydrogen-bond acceptors (Lipinski definition) is 3. The van der Waals surface area contributed by atoms with Crippen molar-refractivity contribution in [3.8, 4) is 11.4 Å². The lowest BCUT2D eigenvalue weighted by Gasteiger charge is -2.11. The van der Waals surface area contributed by atoms with Gasteiger partial charge in [-0.25, -0.2) is 9.07 Å². The highest BCUT2D eigenvalue weighted by Crippen LogP contribution is 2.39. The first-order chi connectivity index (χ1) is 9.54. The monoisotopic (exact) mass is 283 g/mol. The van der Waals surface area contributed by atoms with Gasteiger partial charge in [-0.2, -0.15) is 13.9 Å². The summed E-state index contributed by atoms with van der Waals surface area (Å²) in [4.78, 5) is 0. The predicted octanol–water partition coefficient (Wildman–Crippen LogP) is 3.07. The van der Waals surface area contributed by atoms with Gasteiger partial charge in [-0.15, -0.1) is 0 Å². The average molecular weight is 283 g/mol. The first-order valence-electron chi connectivity index (χ1n) is 6.14. The summed E-state index contributed by atoms with van der Waals surface area (Å²) in [7, 11) is 0. The van der Waals surface area contributed by atoms with Gasteiger partial charge < -0.3 is 10.5 Å². The molecule has 20 heavy (non-hydrogen) atoms. The molecule has 0 unspecified atom stereocenters. The lowest BCUT2D eigenvalue weighted by molar-refractivity contribution is -0.0521. The molecule has 0 radical (unpaired) electrons. The van der Waals surface area contributed by atoms with Gasteiger partial charge in [-0.3, -0.25) is 0 Å². The molecule has 1 saturated carbocycles. The Kier molecular flexibility index (Phi) is 3.04. The van der Waals surface area contributed by atoms with E-state index in [2.05, 4.69) is 9.84 Å². The molecule has 0 atom stereocenters. The molecule has 0 saturated heterocycles. The third kappa shape index (κ3) is 2.43. The number of halogens is 3. The van der Waals surface area contributed by atoms with Crippen LogP contribution in [0, 0.1) is 5.82 Å². The number of alkyl halides is 2. The SMILES string of the molecule is Nc1cc(F)c(OC(F)F)cc1-n1ccc(C2CC2)n1. The number of hydrogen-bond donors (Lipinski definition) is 1. The minimum Gasteiger partial charge on any atom is -0.432 e. The zero-order valence-corrected chi connectivity index (χ0v) is 10.4. The molecular formula is C13H12F3N3O. The highest BCUT2D eigenvalue weighted by molar-refractivity contribution is 5.60. The molecule has 106 valence electrons. The Morgan fingerprint density at radius 1 is 1.35 bits per heavy atom. The average Bonchev–Trinajstić information content (AvgIpc) is 3.11. The van der Waals surface area contributed by atoms with Crippen molar-refractivity contribution in [1.29, 1.82) is 0 Å². The summed E-state index contributed by atoms with van der Waals surface area (Å²) >= 11 is 0. The Hall–Kier alpha value is -2.18. The highest BCUT2D eigenvalue weighted by atomic mass is 19.3. The van der Waals surface area contributed by atoms with Crippen molar-refractivity contribution >= 4 is 5.69 Å². The second kappa shape index (κ2) is 4.73. The van der Waals surface area contributed by atoms with E-state index in [1.165, 1.54) is 4.68 Å². The molecule has 1 heterocycles. The summed E-state index contributed by atoms with van der Waals surface area (Å²) in [5.74, 6) is -1.02. The lowest BCUT2D eigenvalue weighted by Crippen LogP contribution is -2.07. The van der Waals surface area contributed by atoms with Crippen molar-refractivity contribution in [2.45, 2.75) is 25.4 Å². The molecule has 1 fully saturated rings. The molecule has 1 aromatic carbocycles. The number of benzene rings is 1. The molecule has 1 aromatic heterocycles. The number of anilines is 1. The maximum Gasteiger partial charge on any atom is 0.387 e. The van der Waals surface area contributed by atoms with Gasteiger partial charge in [0.2, 0.25) is 0 Å². The van der Waals surface area contributed by atoms with Crippen molar-refractivity contribution in [1.82, 2.24) is 9.78 Å². The third-order valence-corrected chi connectivity index (χ3v) is 3.15. The smallest absolute Gasteiger partial charge is 0.387 e. The van der Waals surface area contributed by atoms with E-state index in [9.17, 15) is 13.2 Å². The van der Waals surface area contributed by atoms with E-state index in [0.717, 1.165) is 30.7 Å². The number of nitrogens with two attached hydrogens (primary N) is 1. The van der Waals surface area contributed by atoms with Gasteiger partial charge in [-0.05, 0) is 18.9 Å². The molecular weight excluding hydrogens is 271 g/mol. The Morgan fingerprint density at radius 2 is 2.10 bits per heavy atom. The molecule has 0 bridgehead atoms. The molecule has 4 nitrogen and oxygen atoms in total. The first-order valence-corrected chi connectivity index (χ1v) is 6.14. The fourth-order valence-corrected chi connectivity index (χ4v) is 2.01. The second-order valence-electron chi connectivity index (χ2n) is 4.68. The molecule has 0 spiro atoms. The minimum atomic E-state index is -3.10. The van der Waals surface area contributed by atoms with Crippen LogP contribution >= 0.6 is 0 Å². The fourth-order valence-electron chi connectivity index (χ4n) is 2.01. The van der Waals surface area contributed by atoms with Gasteiger partial charge in [0.05, 0.1) is 17.1 Å². The molecule has 2 N–H and O–H groups in total. The van der Waals surface area contributed by atoms with E-state index in [1.807, 2.05) is 6.07 Å². The van der Waals surface area contributed by atoms with Crippen LogP contribution in [0.5, 0.6) is 5.75 Å². The van der Waals surface area contributed by atoms with Crippen molar-refractivity contribution in [3.63, 3.8) is 0 Å². The van der Waals surface area contributed by atoms with Crippen molar-refractivity contribution < 1.29 is 17.9 Å². The highest BCUT2D eigenvalue weighted by Gasteiger charge is 2.26. The van der Waals surface area contributed by atoms with Crippen LogP contribution in [0.15, 0.2) is 24.4 Å². The predicted molar refractivity (Wildman–Crippen MR) is 66.5 cm³/mol. The molecule has 1 aliphatic carbocycles. The van der Waals surface area contributed by atoms with E-state index in [1.54, 1.807) is 6.20 Å². The van der Waals surface area contributed by atoms with Gasteiger partial charge >= 0.3 is 6.61 Å². The van der Waals surface area contributed by atoms with Gasteiger partial charge in [-0.1, -0.05) is 0 Å². The maximum absolute atomic E-state index is 13.5. The number of aromatic nitrogens is 2. The van der Waals surface area contributed by atoms with Crippen LogP contribution < -0.4 is 10.5 Å². The number of nitrogens with zero attached hydrogens (tertiary/aromatic N) is 2. The second-order valence-corrected chi connectivity index (χ2v) is 4.68. The van der Waals surface area contributed by atoms with Gasteiger partial charge in [0.15, 0.2) is 11.6 Å². The number of ether oxygens (including phenoxy) is 1. The van der Waals surface area contributed by atoms with Crippen LogP contribution in [-0.4, -0.2) is 16.4 Å². The summed E-state index contributed by atoms with van der Waals surface area (Å²) in [6, 6.07) is 3.92. The number of rotatable bonds is 4. The van der Waals surface area contributed by atoms with E-state index in [-0.39, 0.29) is 5.69 Å². The van der Waals surface area contributed by atoms with Crippen LogP contribution in [0.3, 0.4) is 0 Å². The van der Waals surface area contributed by atoms with Crippen LogP contribution in [0.4, 0.5) is 18.9 Å². The van der Waals surface area contributed by atoms with Crippen LogP contribution in [0.2, 0.25) is 0 Å². The molecule has 0 aliphatic heterocycles. The third-order valence-electron chi connectivity index (χ3n) is 3.15. The Morgan fingerprint density at radius 3 is 2.75 bits per heavy atom. The molecule has 0 amide bonds. The van der Waals surface area contributed by atoms with Gasteiger partial charge in [0.25, 0.3) is 0 Å². The van der Waals surface area contributed by atoms with E-state index < -0.39 is 18.2 Å². The van der Waals surface area contributed by atoms with Crippen molar-refractivity contribution in [2.75, 3.05) is 5.73 Å². The van der Waals surface area contributed by atoms with Crippen LogP contribution in [0.1, 0.15) is 24.5 Å². The van der Waals surface area contributed by atoms with Crippen LogP contribution in [-0.2, 0) is 0 Å². The maximum atomic E-state index is 13.5. The Balaban J connectivity index is 1.98. The summed E-state index contributed by atoms with van der Waals surface area (Å²) < 4.78 is 43.5. The van der Waals surface area contributed by atoms with E-state index >= 15 is 0 Å². The fraction of sp³-hybridized carbons (Fsp3) is 0.308. The summed E-state index contributed by atoms with van der Waals surface area (Å²) in [6.45, 7) is -3.10. The Labute approximate surface area is 112 Å². The molecule has 3 rings (SSSR count). The normalized spacial score (nSPS) is 14.8. The zero-order valence-electron chi connectivity index (χ0n) is 10.4. The van der Waals surface area contributed by atoms with Gasteiger partial charge in [0, 0.05) is 24.2 Å². The summed E-state index contributed by atoms with van der Waals surface area (Å²) in [5, 5.41) is 4.32. The molecule has 1 aliphatic rings. The van der Waals surface area contributed by atoms with Crippen molar-refractivity contribution in [2.24, 2.45) is 0 Å². The Bertz CT molecular complexity index is 638. The van der Waals surface area contributed by atoms with Crippen LogP contribution in [0.25, 0.3) is 5.69 Å².